The Bertz CT molecular complexity index is 653. The molecule has 0 aromatic heterocycles. The highest BCUT2D eigenvalue weighted by molar-refractivity contribution is 6.99. The first-order valence-corrected chi connectivity index (χ1v) is 10.9. The van der Waals surface area contributed by atoms with Crippen LogP contribution < -0.4 is 10.4 Å². The van der Waals surface area contributed by atoms with Gasteiger partial charge in [-0.25, -0.2) is 0 Å². The van der Waals surface area contributed by atoms with Crippen LogP contribution in [0.4, 0.5) is 0 Å². The fourth-order valence-corrected chi connectivity index (χ4v) is 8.97. The minimum Gasteiger partial charge on any atom is -0.402 e. The largest absolute Gasteiger partial charge is 0.402 e. The maximum absolute atomic E-state index is 7.10. The van der Waals surface area contributed by atoms with Crippen LogP contribution in [0.2, 0.25) is 5.04 Å². The van der Waals surface area contributed by atoms with E-state index in [1.807, 2.05) is 0 Å². The van der Waals surface area contributed by atoms with Crippen LogP contribution in [0.25, 0.3) is 0 Å². The second-order valence-corrected chi connectivity index (χ2v) is 12.3. The molecule has 24 heavy (non-hydrogen) atoms. The fourth-order valence-electron chi connectivity index (χ4n) is 4.25. The molecule has 3 atom stereocenters. The molecule has 1 aliphatic heterocycles. The standard InChI is InChI=1S/C21H26O2Si/c1-21(2,3)24(16-10-6-4-7-11-16,17-12-8-5-9-13-17)23-19-15-14-18-20(19)22-18/h4-13,18-20H,14-15H2,1-3H3/t18-,19-,20-/m1/s1. The molecule has 4 rings (SSSR count). The zero-order chi connectivity index (χ0) is 16.8. The number of ether oxygens (including phenoxy) is 1. The van der Waals surface area contributed by atoms with E-state index in [4.69, 9.17) is 9.16 Å². The number of hydrogen-bond acceptors (Lipinski definition) is 2. The van der Waals surface area contributed by atoms with Crippen LogP contribution in [-0.2, 0) is 9.16 Å². The third-order valence-electron chi connectivity index (χ3n) is 5.47. The van der Waals surface area contributed by atoms with Crippen molar-refractivity contribution in [3.8, 4) is 0 Å². The zero-order valence-electron chi connectivity index (χ0n) is 14.7. The smallest absolute Gasteiger partial charge is 0.261 e. The molecule has 2 aromatic carbocycles. The summed E-state index contributed by atoms with van der Waals surface area (Å²) in [6.45, 7) is 7.00. The molecule has 2 fully saturated rings. The van der Waals surface area contributed by atoms with E-state index in [1.54, 1.807) is 0 Å². The van der Waals surface area contributed by atoms with E-state index >= 15 is 0 Å². The summed E-state index contributed by atoms with van der Waals surface area (Å²) in [5, 5.41) is 2.75. The Balaban J connectivity index is 1.85. The third-order valence-corrected chi connectivity index (χ3v) is 10.5. The van der Waals surface area contributed by atoms with Crippen LogP contribution in [0, 0.1) is 0 Å². The van der Waals surface area contributed by atoms with Gasteiger partial charge in [0.25, 0.3) is 8.32 Å². The first-order chi connectivity index (χ1) is 11.5. The summed E-state index contributed by atoms with van der Waals surface area (Å²) in [5.74, 6) is 0. The van der Waals surface area contributed by atoms with Crippen LogP contribution in [-0.4, -0.2) is 26.6 Å². The van der Waals surface area contributed by atoms with Crippen molar-refractivity contribution in [3.63, 3.8) is 0 Å². The molecule has 0 amide bonds. The van der Waals surface area contributed by atoms with Gasteiger partial charge >= 0.3 is 0 Å². The van der Waals surface area contributed by atoms with Crippen molar-refractivity contribution in [2.45, 2.75) is 57.0 Å². The van der Waals surface area contributed by atoms with Gasteiger partial charge in [-0.15, -0.1) is 0 Å². The highest BCUT2D eigenvalue weighted by Crippen LogP contribution is 2.45. The molecule has 2 aliphatic rings. The van der Waals surface area contributed by atoms with E-state index in [9.17, 15) is 0 Å². The Morgan fingerprint density at radius 2 is 1.42 bits per heavy atom. The van der Waals surface area contributed by atoms with Gasteiger partial charge < -0.3 is 9.16 Å². The predicted molar refractivity (Wildman–Crippen MR) is 100 cm³/mol. The van der Waals surface area contributed by atoms with Crippen molar-refractivity contribution < 1.29 is 9.16 Å². The number of hydrogen-bond donors (Lipinski definition) is 0. The second-order valence-electron chi connectivity index (χ2n) is 8.04. The lowest BCUT2D eigenvalue weighted by Gasteiger charge is -2.44. The second kappa shape index (κ2) is 5.83. The SMILES string of the molecule is CC(C)(C)[Si](O[C@@H]1CC[C@H]2O[C@H]21)(c1ccccc1)c1ccccc1. The molecule has 126 valence electrons. The average molecular weight is 339 g/mol. The van der Waals surface area contributed by atoms with E-state index in [0.717, 1.165) is 12.8 Å². The molecule has 0 spiro atoms. The monoisotopic (exact) mass is 338 g/mol. The topological polar surface area (TPSA) is 21.8 Å². The fraction of sp³-hybridized carbons (Fsp3) is 0.429. The molecule has 0 bridgehead atoms. The lowest BCUT2D eigenvalue weighted by Crippen LogP contribution is -2.68. The van der Waals surface area contributed by atoms with Crippen LogP contribution in [0.1, 0.15) is 33.6 Å². The van der Waals surface area contributed by atoms with Gasteiger partial charge in [-0.3, -0.25) is 0 Å². The van der Waals surface area contributed by atoms with Crippen molar-refractivity contribution in [2.75, 3.05) is 0 Å². The lowest BCUT2D eigenvalue weighted by atomic mass is 10.2. The molecule has 1 saturated heterocycles. The first kappa shape index (κ1) is 16.1. The van der Waals surface area contributed by atoms with Crippen LogP contribution in [0.15, 0.2) is 60.7 Å². The summed E-state index contributed by atoms with van der Waals surface area (Å²) in [6.07, 6.45) is 3.29. The highest BCUT2D eigenvalue weighted by atomic mass is 28.4. The van der Waals surface area contributed by atoms with Crippen LogP contribution in [0.3, 0.4) is 0 Å². The Morgan fingerprint density at radius 1 is 0.875 bits per heavy atom. The van der Waals surface area contributed by atoms with Crippen molar-refractivity contribution >= 4 is 18.7 Å². The van der Waals surface area contributed by atoms with Gasteiger partial charge in [-0.1, -0.05) is 81.4 Å². The summed E-state index contributed by atoms with van der Waals surface area (Å²) in [7, 11) is -2.41. The van der Waals surface area contributed by atoms with Crippen molar-refractivity contribution in [3.05, 3.63) is 60.7 Å². The molecule has 0 radical (unpaired) electrons. The number of fused-ring (bicyclic) bond motifs is 1. The van der Waals surface area contributed by atoms with E-state index in [-0.39, 0.29) is 11.1 Å². The summed E-state index contributed by atoms with van der Waals surface area (Å²) >= 11 is 0. The van der Waals surface area contributed by atoms with Gasteiger partial charge in [-0.2, -0.15) is 0 Å². The van der Waals surface area contributed by atoms with Crippen LogP contribution in [0.5, 0.6) is 0 Å². The van der Waals surface area contributed by atoms with E-state index < -0.39 is 8.32 Å². The molecular weight excluding hydrogens is 312 g/mol. The van der Waals surface area contributed by atoms with Gasteiger partial charge in [0, 0.05) is 0 Å². The van der Waals surface area contributed by atoms with Crippen LogP contribution >= 0.6 is 0 Å². The average Bonchev–Trinajstić information content (AvgIpc) is 3.27. The van der Waals surface area contributed by atoms with E-state index in [0.29, 0.717) is 12.2 Å². The molecule has 2 aromatic rings. The predicted octanol–water partition coefficient (Wildman–Crippen LogP) is 3.49. The Kier molecular flexibility index (Phi) is 3.90. The number of rotatable bonds is 4. The van der Waals surface area contributed by atoms with E-state index in [2.05, 4.69) is 81.4 Å². The van der Waals surface area contributed by atoms with Gasteiger partial charge in [0.2, 0.25) is 0 Å². The highest BCUT2D eigenvalue weighted by Gasteiger charge is 2.57. The Morgan fingerprint density at radius 3 is 1.79 bits per heavy atom. The summed E-state index contributed by atoms with van der Waals surface area (Å²) in [6, 6.07) is 21.8. The molecule has 0 unspecified atom stereocenters. The molecule has 1 aliphatic carbocycles. The summed E-state index contributed by atoms with van der Waals surface area (Å²) in [5.41, 5.74) is 0. The minimum atomic E-state index is -2.41. The Hall–Kier alpha value is -1.42. The maximum atomic E-state index is 7.10. The summed E-state index contributed by atoms with van der Waals surface area (Å²) in [4.78, 5) is 0. The Labute approximate surface area is 145 Å². The van der Waals surface area contributed by atoms with Gasteiger partial charge in [0.05, 0.1) is 12.2 Å². The van der Waals surface area contributed by atoms with Crippen molar-refractivity contribution in [1.29, 1.82) is 0 Å². The normalized spacial score (nSPS) is 26.2. The quantitative estimate of drug-likeness (QED) is 0.629. The number of benzene rings is 2. The zero-order valence-corrected chi connectivity index (χ0v) is 15.7. The molecule has 1 heterocycles. The van der Waals surface area contributed by atoms with E-state index in [1.165, 1.54) is 10.4 Å². The van der Waals surface area contributed by atoms with Crippen molar-refractivity contribution in [2.24, 2.45) is 0 Å². The minimum absolute atomic E-state index is 0.0443. The molecule has 2 nitrogen and oxygen atoms in total. The maximum Gasteiger partial charge on any atom is 0.261 e. The molecule has 1 saturated carbocycles. The first-order valence-electron chi connectivity index (χ1n) is 8.97. The van der Waals surface area contributed by atoms with Gasteiger partial charge in [0.15, 0.2) is 0 Å². The van der Waals surface area contributed by atoms with Gasteiger partial charge in [-0.05, 0) is 28.3 Å². The third kappa shape index (κ3) is 2.55. The molecule has 0 N–H and O–H groups in total. The molecular formula is C21H26O2Si. The summed E-state index contributed by atoms with van der Waals surface area (Å²) < 4.78 is 12.9. The van der Waals surface area contributed by atoms with Crippen molar-refractivity contribution in [1.82, 2.24) is 0 Å². The lowest BCUT2D eigenvalue weighted by molar-refractivity contribution is 0.131. The number of epoxide rings is 1. The van der Waals surface area contributed by atoms with Gasteiger partial charge in [0.1, 0.15) is 6.10 Å². The molecule has 3 heteroatoms.